The Kier molecular flexibility index (Phi) is 43.1. The summed E-state index contributed by atoms with van der Waals surface area (Å²) in [6, 6.07) is 28.2. The summed E-state index contributed by atoms with van der Waals surface area (Å²) in [6.45, 7) is 6.94. The van der Waals surface area contributed by atoms with Gasteiger partial charge < -0.3 is 0 Å². The van der Waals surface area contributed by atoms with Crippen molar-refractivity contribution < 1.29 is 0 Å². The smallest absolute Gasteiger partial charge is 0.104 e. The second kappa shape index (κ2) is 48.1. The highest BCUT2D eigenvalue weighted by molar-refractivity contribution is 6.28. The molecule has 0 aliphatic rings. The first-order valence-corrected chi connectivity index (χ1v) is 34.0. The van der Waals surface area contributed by atoms with Crippen molar-refractivity contribution in [2.45, 2.75) is 353 Å². The molecule has 1 heteroatoms. The van der Waals surface area contributed by atoms with Crippen molar-refractivity contribution in [2.75, 3.05) is 0 Å². The molecule has 422 valence electrons. The SMILES string of the molecule is CCCCCCCCCCCCCCCCCCc1cccc(C(Cl)(c2cccc(CCCCCCCCCCCCCCCCCC)c2)c2cccc(CCCCCCCCCCCCCCCCCC)c2)c1. The van der Waals surface area contributed by atoms with Crippen LogP contribution in [0.3, 0.4) is 0 Å². The summed E-state index contributed by atoms with van der Waals surface area (Å²) >= 11 is 8.24. The number of hydrogen-bond donors (Lipinski definition) is 0. The molecule has 0 aliphatic carbocycles. The normalized spacial score (nSPS) is 11.8. The molecule has 3 aromatic carbocycles. The molecular weight excluding hydrogens is 912 g/mol. The standard InChI is InChI=1S/C73H123Cl/c1-4-7-10-13-16-19-22-25-28-31-34-37-40-43-46-49-55-67-58-52-61-70(64-67)73(74,71-62-53-59-68(65-71)56-50-47-44-41-38-35-32-29-26-23-20-17-14-11-8-5-2)72-63-54-60-69(66-72)57-51-48-45-42-39-36-33-30-27-24-21-18-15-12-9-6-3/h52-54,58-66H,4-51,55-57H2,1-3H3. The van der Waals surface area contributed by atoms with Crippen molar-refractivity contribution in [3.63, 3.8) is 0 Å². The summed E-state index contributed by atoms with van der Waals surface area (Å²) in [5.74, 6) is 0. The first kappa shape index (κ1) is 66.2. The van der Waals surface area contributed by atoms with E-state index in [0.717, 1.165) is 19.3 Å². The van der Waals surface area contributed by atoms with Crippen LogP contribution in [-0.4, -0.2) is 0 Å². The fourth-order valence-corrected chi connectivity index (χ4v) is 12.3. The van der Waals surface area contributed by atoms with Gasteiger partial charge in [-0.05, 0) is 71.9 Å². The number of alkyl halides is 1. The van der Waals surface area contributed by atoms with Crippen LogP contribution < -0.4 is 0 Å². The van der Waals surface area contributed by atoms with Crippen LogP contribution >= 0.6 is 11.6 Å². The van der Waals surface area contributed by atoms with E-state index in [4.69, 9.17) is 11.6 Å². The van der Waals surface area contributed by atoms with E-state index in [-0.39, 0.29) is 0 Å². The van der Waals surface area contributed by atoms with Crippen LogP contribution in [0.2, 0.25) is 0 Å². The molecule has 0 amide bonds. The molecule has 0 fully saturated rings. The lowest BCUT2D eigenvalue weighted by atomic mass is 9.81. The molecule has 74 heavy (non-hydrogen) atoms. The monoisotopic (exact) mass is 1030 g/mol. The van der Waals surface area contributed by atoms with Gasteiger partial charge in [0, 0.05) is 0 Å². The van der Waals surface area contributed by atoms with Gasteiger partial charge in [0.2, 0.25) is 0 Å². The Morgan fingerprint density at radius 2 is 0.392 bits per heavy atom. The minimum absolute atomic E-state index is 0.722. The van der Waals surface area contributed by atoms with E-state index in [9.17, 15) is 0 Å². The number of benzene rings is 3. The van der Waals surface area contributed by atoms with Crippen LogP contribution in [0.1, 0.15) is 362 Å². The molecule has 0 spiro atoms. The predicted octanol–water partition coefficient (Wildman–Crippen LogP) is 25.6. The van der Waals surface area contributed by atoms with Crippen LogP contribution in [0.4, 0.5) is 0 Å². The Morgan fingerprint density at radius 1 is 0.230 bits per heavy atom. The van der Waals surface area contributed by atoms with E-state index in [1.807, 2.05) is 0 Å². The second-order valence-electron chi connectivity index (χ2n) is 23.9. The fraction of sp³-hybridized carbons (Fsp3) is 0.753. The topological polar surface area (TPSA) is 0 Å². The summed E-state index contributed by atoms with van der Waals surface area (Å²) in [5.41, 5.74) is 8.00. The molecule has 0 radical (unpaired) electrons. The van der Waals surface area contributed by atoms with Crippen molar-refractivity contribution in [1.82, 2.24) is 0 Å². The lowest BCUT2D eigenvalue weighted by Crippen LogP contribution is -2.23. The van der Waals surface area contributed by atoms with E-state index >= 15 is 0 Å². The molecule has 0 bridgehead atoms. The number of unbranched alkanes of at least 4 members (excludes halogenated alkanes) is 45. The third-order valence-corrected chi connectivity index (χ3v) is 17.6. The van der Waals surface area contributed by atoms with Gasteiger partial charge >= 0.3 is 0 Å². The largest absolute Gasteiger partial charge is 0.119 e. The van der Waals surface area contributed by atoms with E-state index in [1.54, 1.807) is 0 Å². The Labute approximate surface area is 468 Å². The van der Waals surface area contributed by atoms with Crippen LogP contribution in [-0.2, 0) is 24.1 Å². The maximum atomic E-state index is 8.24. The quantitative estimate of drug-likeness (QED) is 0.0300. The third-order valence-electron chi connectivity index (χ3n) is 16.9. The van der Waals surface area contributed by atoms with Crippen molar-refractivity contribution in [1.29, 1.82) is 0 Å². The molecule has 0 saturated heterocycles. The highest BCUT2D eigenvalue weighted by Gasteiger charge is 2.35. The van der Waals surface area contributed by atoms with Gasteiger partial charge in [0.05, 0.1) is 0 Å². The summed E-state index contributed by atoms with van der Waals surface area (Å²) in [6.07, 6.45) is 71.2. The molecule has 0 aliphatic heterocycles. The lowest BCUT2D eigenvalue weighted by molar-refractivity contribution is 0.529. The molecule has 0 nitrogen and oxygen atoms in total. The van der Waals surface area contributed by atoms with Crippen LogP contribution in [0.25, 0.3) is 0 Å². The zero-order chi connectivity index (χ0) is 52.5. The van der Waals surface area contributed by atoms with E-state index in [2.05, 4.69) is 93.6 Å². The lowest BCUT2D eigenvalue weighted by Gasteiger charge is -2.30. The van der Waals surface area contributed by atoms with Gasteiger partial charge in [0.1, 0.15) is 4.87 Å². The molecule has 0 aromatic heterocycles. The van der Waals surface area contributed by atoms with E-state index < -0.39 is 4.87 Å². The number of hydrogen-bond acceptors (Lipinski definition) is 0. The van der Waals surface area contributed by atoms with Crippen molar-refractivity contribution in [3.8, 4) is 0 Å². The molecule has 0 N–H and O–H groups in total. The summed E-state index contributed by atoms with van der Waals surface area (Å²) in [5, 5.41) is 0. The third kappa shape index (κ3) is 33.3. The summed E-state index contributed by atoms with van der Waals surface area (Å²) < 4.78 is 0. The van der Waals surface area contributed by atoms with Crippen LogP contribution in [0, 0.1) is 0 Å². The Balaban J connectivity index is 1.49. The van der Waals surface area contributed by atoms with Crippen LogP contribution in [0.5, 0.6) is 0 Å². The summed E-state index contributed by atoms with van der Waals surface area (Å²) in [4.78, 5) is -0.722. The van der Waals surface area contributed by atoms with Crippen LogP contribution in [0.15, 0.2) is 72.8 Å². The first-order valence-electron chi connectivity index (χ1n) is 33.6. The van der Waals surface area contributed by atoms with Gasteiger partial charge in [0.15, 0.2) is 0 Å². The second-order valence-corrected chi connectivity index (χ2v) is 24.5. The maximum absolute atomic E-state index is 8.24. The highest BCUT2D eigenvalue weighted by Crippen LogP contribution is 2.44. The zero-order valence-electron chi connectivity index (χ0n) is 49.9. The van der Waals surface area contributed by atoms with Gasteiger partial charge in [-0.1, -0.05) is 383 Å². The van der Waals surface area contributed by atoms with Crippen molar-refractivity contribution in [2.24, 2.45) is 0 Å². The van der Waals surface area contributed by atoms with Gasteiger partial charge in [-0.3, -0.25) is 0 Å². The molecular formula is C73H123Cl. The minimum Gasteiger partial charge on any atom is -0.104 e. The molecule has 0 unspecified atom stereocenters. The first-order chi connectivity index (χ1) is 36.6. The Bertz CT molecular complexity index is 1460. The molecule has 0 heterocycles. The van der Waals surface area contributed by atoms with Crippen molar-refractivity contribution >= 4 is 11.6 Å². The molecule has 0 saturated carbocycles. The van der Waals surface area contributed by atoms with Crippen molar-refractivity contribution in [3.05, 3.63) is 106 Å². The Morgan fingerprint density at radius 3 is 0.568 bits per heavy atom. The number of halogens is 1. The highest BCUT2D eigenvalue weighted by atomic mass is 35.5. The average molecular weight is 1040 g/mol. The zero-order valence-corrected chi connectivity index (χ0v) is 50.6. The van der Waals surface area contributed by atoms with Gasteiger partial charge in [-0.2, -0.15) is 0 Å². The summed E-state index contributed by atoms with van der Waals surface area (Å²) in [7, 11) is 0. The molecule has 3 aromatic rings. The van der Waals surface area contributed by atoms with Gasteiger partial charge in [-0.15, -0.1) is 11.6 Å². The van der Waals surface area contributed by atoms with E-state index in [1.165, 1.54) is 342 Å². The van der Waals surface area contributed by atoms with Gasteiger partial charge in [-0.25, -0.2) is 0 Å². The average Bonchev–Trinajstić information content (AvgIpc) is 3.42. The fourth-order valence-electron chi connectivity index (χ4n) is 12.0. The predicted molar refractivity (Wildman–Crippen MR) is 335 cm³/mol. The number of rotatable bonds is 54. The number of aryl methyl sites for hydroxylation is 3. The minimum atomic E-state index is -0.722. The Hall–Kier alpha value is -2.05. The van der Waals surface area contributed by atoms with Gasteiger partial charge in [0.25, 0.3) is 0 Å². The maximum Gasteiger partial charge on any atom is 0.119 e. The molecule has 3 rings (SSSR count). The molecule has 0 atom stereocenters. The van der Waals surface area contributed by atoms with E-state index in [0.29, 0.717) is 0 Å².